The van der Waals surface area contributed by atoms with E-state index in [1.165, 1.54) is 37.1 Å². The monoisotopic (exact) mass is 819 g/mol. The summed E-state index contributed by atoms with van der Waals surface area (Å²) in [4.78, 5) is 49.1. The number of hydrogen-bond donors (Lipinski definition) is 0. The maximum absolute atomic E-state index is 13.1. The van der Waals surface area contributed by atoms with Crippen LogP contribution in [0.5, 0.6) is 0 Å². The number of carbonyl (C=O) groups excluding carboxylic acids is 4. The first kappa shape index (κ1) is 52.7. The van der Waals surface area contributed by atoms with Gasteiger partial charge >= 0.3 is 35.1 Å². The van der Waals surface area contributed by atoms with Gasteiger partial charge in [-0.15, -0.1) is 0 Å². The average Bonchev–Trinajstić information content (AvgIpc) is 3.73. The first-order chi connectivity index (χ1) is 23.8. The number of ketones is 1. The van der Waals surface area contributed by atoms with Gasteiger partial charge in [-0.05, 0) is 109 Å². The molecular weight excluding hydrogens is 761 g/mol. The number of rotatable bonds is 8. The maximum Gasteiger partial charge on any atom is 2.00 e. The van der Waals surface area contributed by atoms with Crippen LogP contribution in [0.1, 0.15) is 137 Å². The van der Waals surface area contributed by atoms with Crippen LogP contribution in [0.3, 0.4) is 0 Å². The summed E-state index contributed by atoms with van der Waals surface area (Å²) < 4.78 is 41.6. The summed E-state index contributed by atoms with van der Waals surface area (Å²) in [6, 6.07) is 11.6. The van der Waals surface area contributed by atoms with Gasteiger partial charge in [0, 0.05) is 32.0 Å². The van der Waals surface area contributed by atoms with Gasteiger partial charge in [-0.1, -0.05) is 38.1 Å². The van der Waals surface area contributed by atoms with Crippen molar-refractivity contribution in [3.05, 3.63) is 77.7 Å². The molecule has 0 N–H and O–H groups in total. The topological polar surface area (TPSA) is 99.2 Å². The fourth-order valence-electron chi connectivity index (χ4n) is 5.05. The van der Waals surface area contributed by atoms with E-state index < -0.39 is 17.3 Å². The molecule has 2 heterocycles. The van der Waals surface area contributed by atoms with Crippen LogP contribution in [-0.2, 0) is 28.6 Å². The van der Waals surface area contributed by atoms with Gasteiger partial charge in [0.15, 0.2) is 0 Å². The van der Waals surface area contributed by atoms with Crippen molar-refractivity contribution in [2.45, 2.75) is 137 Å². The number of ether oxygens (including phenoxy) is 3. The molecule has 2 saturated heterocycles. The van der Waals surface area contributed by atoms with Crippen molar-refractivity contribution >= 4 is 46.8 Å². The largest absolute Gasteiger partial charge is 2.00 e. The fraction of sp³-hybridized carbons (Fsp3) is 0.585. The molecule has 8 nitrogen and oxygen atoms in total. The number of esters is 1. The molecule has 53 heavy (non-hydrogen) atoms. The summed E-state index contributed by atoms with van der Waals surface area (Å²) in [5.74, 6) is -1.22. The molecule has 2 aliphatic rings. The van der Waals surface area contributed by atoms with Crippen molar-refractivity contribution in [2.24, 2.45) is 5.92 Å². The van der Waals surface area contributed by atoms with E-state index in [9.17, 15) is 28.0 Å². The first-order valence-electron chi connectivity index (χ1n) is 17.9. The number of benzene rings is 2. The normalized spacial score (nSPS) is 15.5. The molecule has 2 aromatic rings. The Bertz CT molecular complexity index is 1350. The molecule has 0 aliphatic carbocycles. The Morgan fingerprint density at radius 3 is 1.75 bits per heavy atom. The molecule has 2 fully saturated rings. The Kier molecular flexibility index (Phi) is 26.2. The molecule has 2 atom stereocenters. The molecule has 0 unspecified atom stereocenters. The van der Waals surface area contributed by atoms with E-state index in [1.54, 1.807) is 45.0 Å². The molecule has 4 rings (SSSR count). The van der Waals surface area contributed by atoms with E-state index >= 15 is 0 Å². The summed E-state index contributed by atoms with van der Waals surface area (Å²) in [5, 5.41) is 0. The number of amides is 2. The van der Waals surface area contributed by atoms with Crippen LogP contribution >= 0.6 is 0 Å². The Morgan fingerprint density at radius 1 is 0.868 bits per heavy atom. The van der Waals surface area contributed by atoms with Crippen LogP contribution in [0.15, 0.2) is 48.5 Å². The van der Waals surface area contributed by atoms with Crippen molar-refractivity contribution < 1.29 is 59.2 Å². The summed E-state index contributed by atoms with van der Waals surface area (Å²) in [5.41, 5.74) is 0.391. The molecule has 0 aromatic heterocycles. The van der Waals surface area contributed by atoms with Crippen LogP contribution in [0, 0.1) is 24.0 Å². The van der Waals surface area contributed by atoms with E-state index in [-0.39, 0.29) is 93.6 Å². The molecule has 0 bridgehead atoms. The third-order valence-electron chi connectivity index (χ3n) is 7.44. The molecule has 294 valence electrons. The van der Waals surface area contributed by atoms with E-state index in [2.05, 4.69) is 0 Å². The summed E-state index contributed by atoms with van der Waals surface area (Å²) in [6.07, 6.45) is 5.89. The maximum atomic E-state index is 13.1. The predicted molar refractivity (Wildman–Crippen MR) is 202 cm³/mol. The predicted octanol–water partition coefficient (Wildman–Crippen LogP) is 6.72. The zero-order valence-electron chi connectivity index (χ0n) is 33.4. The van der Waals surface area contributed by atoms with E-state index in [1.807, 2.05) is 54.9 Å². The molecule has 0 saturated carbocycles. The van der Waals surface area contributed by atoms with Crippen LogP contribution in [0.2, 0.25) is 0 Å². The number of hydrogen-bond acceptors (Lipinski definition) is 7. The van der Waals surface area contributed by atoms with Crippen LogP contribution in [0.25, 0.3) is 0 Å². The number of halogens is 3. The van der Waals surface area contributed by atoms with Gasteiger partial charge in [0.05, 0.1) is 12.5 Å². The van der Waals surface area contributed by atoms with Crippen molar-refractivity contribution in [2.75, 3.05) is 13.2 Å². The number of imide groups is 1. The van der Waals surface area contributed by atoms with Crippen molar-refractivity contribution in [3.63, 3.8) is 0 Å². The standard InChI is InChI=1S/C19H27FO3.C15H18FNO3.C4H8O.C3H7.BrH.Mg/c1-13(2)17(21)11-8-15(12-18(22)23-19(3,4)5)14-6-9-16(20)10-7-14;1-15(2,3)20-14(19)17-12(8-9-13(17)18)10-4-6-11(16)7-5-10;1-2-4-5-3-1;1-3-2;;/h6-7,9-10,13,15H,8,11-12H2,1-5H3;4-7,12H,8-9H2,1-3H3;1-4H2;3H,1-2H3;1H;/q;;;-1;;+2/p-1/t15-;12-;;;;/m10..../s1. The van der Waals surface area contributed by atoms with Gasteiger partial charge < -0.3 is 37.6 Å². The Morgan fingerprint density at radius 2 is 1.34 bits per heavy atom. The number of likely N-dealkylation sites (tertiary alicyclic amines) is 1. The van der Waals surface area contributed by atoms with Gasteiger partial charge in [-0.25, -0.2) is 18.5 Å². The van der Waals surface area contributed by atoms with Crippen molar-refractivity contribution in [1.82, 2.24) is 4.90 Å². The minimum atomic E-state index is -0.659. The first-order valence-corrected chi connectivity index (χ1v) is 17.9. The Hall–Kier alpha value is -2.41. The molecule has 2 aliphatic heterocycles. The van der Waals surface area contributed by atoms with Crippen molar-refractivity contribution in [3.8, 4) is 0 Å². The minimum Gasteiger partial charge on any atom is -1.00 e. The summed E-state index contributed by atoms with van der Waals surface area (Å²) >= 11 is 0. The average molecular weight is 821 g/mol. The SMILES string of the molecule is C1CCOC1.CC(C)(C)OC(=O)N1C(=O)CC[C@H]1c1ccc(F)cc1.CC(C)C(=O)CC[C@H](CC(=O)OC(C)(C)C)c1ccc(F)cc1.C[CH-]C.[Br-].[Mg+2]. The number of Topliss-reactive ketones (excluding diaryl/α,β-unsaturated/α-hetero) is 1. The quantitative estimate of drug-likeness (QED) is 0.166. The second kappa shape index (κ2) is 26.4. The third-order valence-corrected chi connectivity index (χ3v) is 7.44. The molecular formula is C41H60BrF2MgNO7. The molecule has 2 amide bonds. The smallest absolute Gasteiger partial charge is 1.00 e. The summed E-state index contributed by atoms with van der Waals surface area (Å²) in [6.45, 7) is 20.4. The fourth-order valence-corrected chi connectivity index (χ4v) is 5.05. The van der Waals surface area contributed by atoms with Gasteiger partial charge in [-0.2, -0.15) is 13.8 Å². The second-order valence-corrected chi connectivity index (χ2v) is 14.9. The van der Waals surface area contributed by atoms with Crippen LogP contribution < -0.4 is 17.0 Å². The Balaban J connectivity index is 0. The van der Waals surface area contributed by atoms with E-state index in [4.69, 9.17) is 14.2 Å². The molecule has 12 heteroatoms. The Labute approximate surface area is 343 Å². The molecule has 0 radical (unpaired) electrons. The van der Waals surface area contributed by atoms with Gasteiger partial charge in [-0.3, -0.25) is 14.4 Å². The van der Waals surface area contributed by atoms with E-state index in [0.29, 0.717) is 25.7 Å². The summed E-state index contributed by atoms with van der Waals surface area (Å²) in [7, 11) is 0. The second-order valence-electron chi connectivity index (χ2n) is 14.9. The van der Waals surface area contributed by atoms with Crippen LogP contribution in [0.4, 0.5) is 13.6 Å². The van der Waals surface area contributed by atoms with Gasteiger partial charge in [0.1, 0.15) is 28.6 Å². The molecule has 2 aromatic carbocycles. The zero-order valence-corrected chi connectivity index (χ0v) is 36.4. The molecule has 0 spiro atoms. The van der Waals surface area contributed by atoms with Crippen molar-refractivity contribution in [1.29, 1.82) is 0 Å². The van der Waals surface area contributed by atoms with Gasteiger partial charge in [0.25, 0.3) is 0 Å². The van der Waals surface area contributed by atoms with Crippen LogP contribution in [-0.4, -0.2) is 76.1 Å². The zero-order chi connectivity index (χ0) is 38.8. The number of carbonyl (C=O) groups is 4. The number of nitrogens with zero attached hydrogens (tertiary/aromatic N) is 1. The third kappa shape index (κ3) is 22.5. The van der Waals surface area contributed by atoms with E-state index in [0.717, 1.165) is 29.2 Å². The van der Waals surface area contributed by atoms with Gasteiger partial charge in [0.2, 0.25) is 5.91 Å². The minimum absolute atomic E-state index is 0.